The van der Waals surface area contributed by atoms with Crippen LogP contribution in [0.1, 0.15) is 46.5 Å². The van der Waals surface area contributed by atoms with Crippen LogP contribution >= 0.6 is 0 Å². The van der Waals surface area contributed by atoms with E-state index in [-0.39, 0.29) is 0 Å². The van der Waals surface area contributed by atoms with Gasteiger partial charge in [-0.15, -0.1) is 0 Å². The van der Waals surface area contributed by atoms with Crippen LogP contribution < -0.4 is 5.32 Å². The van der Waals surface area contributed by atoms with Gasteiger partial charge >= 0.3 is 0 Å². The highest BCUT2D eigenvalue weighted by Gasteiger charge is 2.27. The van der Waals surface area contributed by atoms with Crippen LogP contribution in [0, 0.1) is 0 Å². The molecule has 0 spiro atoms. The van der Waals surface area contributed by atoms with Crippen LogP contribution in [0.2, 0.25) is 0 Å². The molecule has 102 valence electrons. The first-order valence-electron chi connectivity index (χ1n) is 7.20. The summed E-state index contributed by atoms with van der Waals surface area (Å²) >= 11 is 0. The molecular formula is C14H30N2O. The number of piperidine rings is 1. The van der Waals surface area contributed by atoms with E-state index in [0.29, 0.717) is 6.04 Å². The van der Waals surface area contributed by atoms with Gasteiger partial charge in [0.15, 0.2) is 0 Å². The van der Waals surface area contributed by atoms with Gasteiger partial charge in [0, 0.05) is 31.8 Å². The fourth-order valence-electron chi connectivity index (χ4n) is 3.02. The van der Waals surface area contributed by atoms with E-state index in [9.17, 15) is 0 Å². The van der Waals surface area contributed by atoms with E-state index in [4.69, 9.17) is 4.74 Å². The van der Waals surface area contributed by atoms with E-state index in [1.807, 2.05) is 0 Å². The molecule has 0 radical (unpaired) electrons. The Labute approximate surface area is 107 Å². The quantitative estimate of drug-likeness (QED) is 0.741. The highest BCUT2D eigenvalue weighted by molar-refractivity contribution is 4.85. The molecule has 1 heterocycles. The van der Waals surface area contributed by atoms with Crippen molar-refractivity contribution in [2.24, 2.45) is 0 Å². The molecule has 2 unspecified atom stereocenters. The van der Waals surface area contributed by atoms with E-state index < -0.39 is 0 Å². The van der Waals surface area contributed by atoms with Gasteiger partial charge in [-0.3, -0.25) is 4.90 Å². The number of methoxy groups -OCH3 is 1. The molecule has 0 aromatic rings. The number of hydrogen-bond acceptors (Lipinski definition) is 3. The lowest BCUT2D eigenvalue weighted by Crippen LogP contribution is -2.51. The molecule has 0 aliphatic carbocycles. The van der Waals surface area contributed by atoms with Crippen molar-refractivity contribution in [2.45, 2.75) is 64.6 Å². The van der Waals surface area contributed by atoms with Crippen LogP contribution in [-0.2, 0) is 4.74 Å². The molecular weight excluding hydrogens is 212 g/mol. The zero-order valence-electron chi connectivity index (χ0n) is 12.0. The van der Waals surface area contributed by atoms with Gasteiger partial charge in [0.25, 0.3) is 0 Å². The average molecular weight is 242 g/mol. The Morgan fingerprint density at radius 2 is 2.06 bits per heavy atom. The van der Waals surface area contributed by atoms with E-state index in [2.05, 4.69) is 31.0 Å². The molecule has 1 saturated heterocycles. The van der Waals surface area contributed by atoms with Crippen molar-refractivity contribution in [3.8, 4) is 0 Å². The summed E-state index contributed by atoms with van der Waals surface area (Å²) in [6.45, 7) is 10.0. The van der Waals surface area contributed by atoms with E-state index in [1.165, 1.54) is 25.7 Å². The SMILES string of the molecule is CCC(CC)N(CCOC)C1CCNC(C)C1. The Bertz CT molecular complexity index is 195. The lowest BCUT2D eigenvalue weighted by atomic mass is 9.96. The van der Waals surface area contributed by atoms with Crippen molar-refractivity contribution in [1.29, 1.82) is 0 Å². The van der Waals surface area contributed by atoms with Crippen LogP contribution in [-0.4, -0.2) is 49.8 Å². The summed E-state index contributed by atoms with van der Waals surface area (Å²) in [4.78, 5) is 2.70. The minimum atomic E-state index is 0.660. The molecule has 0 saturated carbocycles. The second-order valence-corrected chi connectivity index (χ2v) is 5.23. The summed E-state index contributed by atoms with van der Waals surface area (Å²) in [5.74, 6) is 0. The van der Waals surface area contributed by atoms with Crippen molar-refractivity contribution < 1.29 is 4.74 Å². The molecule has 1 N–H and O–H groups in total. The molecule has 2 atom stereocenters. The third kappa shape index (κ3) is 4.57. The Balaban J connectivity index is 2.59. The number of ether oxygens (including phenoxy) is 1. The Hall–Kier alpha value is -0.120. The third-order valence-electron chi connectivity index (χ3n) is 4.03. The lowest BCUT2D eigenvalue weighted by molar-refractivity contribution is 0.0596. The molecule has 1 aliphatic heterocycles. The highest BCUT2D eigenvalue weighted by atomic mass is 16.5. The molecule has 3 nitrogen and oxygen atoms in total. The maximum absolute atomic E-state index is 5.27. The molecule has 0 aromatic heterocycles. The highest BCUT2D eigenvalue weighted by Crippen LogP contribution is 2.21. The number of nitrogens with one attached hydrogen (secondary N) is 1. The second kappa shape index (κ2) is 8.06. The molecule has 17 heavy (non-hydrogen) atoms. The van der Waals surface area contributed by atoms with Crippen molar-refractivity contribution in [3.63, 3.8) is 0 Å². The van der Waals surface area contributed by atoms with Crippen molar-refractivity contribution >= 4 is 0 Å². The van der Waals surface area contributed by atoms with Crippen molar-refractivity contribution in [1.82, 2.24) is 10.2 Å². The normalized spacial score (nSPS) is 25.8. The monoisotopic (exact) mass is 242 g/mol. The summed E-state index contributed by atoms with van der Waals surface area (Å²) in [5, 5.41) is 3.54. The van der Waals surface area contributed by atoms with E-state index >= 15 is 0 Å². The smallest absolute Gasteiger partial charge is 0.0589 e. The van der Waals surface area contributed by atoms with Gasteiger partial charge in [-0.25, -0.2) is 0 Å². The van der Waals surface area contributed by atoms with Gasteiger partial charge < -0.3 is 10.1 Å². The topological polar surface area (TPSA) is 24.5 Å². The summed E-state index contributed by atoms with van der Waals surface area (Å²) in [6, 6.07) is 2.12. The largest absolute Gasteiger partial charge is 0.383 e. The maximum Gasteiger partial charge on any atom is 0.0589 e. The van der Waals surface area contributed by atoms with Gasteiger partial charge in [0.05, 0.1) is 6.61 Å². The summed E-state index contributed by atoms with van der Waals surface area (Å²) in [5.41, 5.74) is 0. The molecule has 3 heteroatoms. The molecule has 0 bridgehead atoms. The van der Waals surface area contributed by atoms with Gasteiger partial charge in [-0.05, 0) is 39.2 Å². The Kier molecular flexibility index (Phi) is 7.09. The van der Waals surface area contributed by atoms with Gasteiger partial charge in [-0.2, -0.15) is 0 Å². The number of rotatable bonds is 7. The molecule has 1 aliphatic rings. The minimum Gasteiger partial charge on any atom is -0.383 e. The molecule has 0 amide bonds. The Morgan fingerprint density at radius 1 is 1.35 bits per heavy atom. The van der Waals surface area contributed by atoms with Crippen LogP contribution in [0.4, 0.5) is 0 Å². The molecule has 0 aromatic carbocycles. The minimum absolute atomic E-state index is 0.660. The van der Waals surface area contributed by atoms with Crippen LogP contribution in [0.5, 0.6) is 0 Å². The summed E-state index contributed by atoms with van der Waals surface area (Å²) in [7, 11) is 1.80. The standard InChI is InChI=1S/C14H30N2O/c1-5-13(6-2)16(9-10-17-4)14-7-8-15-12(3)11-14/h12-15H,5-11H2,1-4H3. The van der Waals surface area contributed by atoms with Gasteiger partial charge in [-0.1, -0.05) is 13.8 Å². The lowest BCUT2D eigenvalue weighted by Gasteiger charge is -2.41. The zero-order valence-corrected chi connectivity index (χ0v) is 12.0. The predicted molar refractivity (Wildman–Crippen MR) is 73.4 cm³/mol. The second-order valence-electron chi connectivity index (χ2n) is 5.23. The fourth-order valence-corrected chi connectivity index (χ4v) is 3.02. The number of hydrogen-bond donors (Lipinski definition) is 1. The zero-order chi connectivity index (χ0) is 12.7. The Morgan fingerprint density at radius 3 is 2.59 bits per heavy atom. The first kappa shape index (κ1) is 14.9. The number of nitrogens with zero attached hydrogens (tertiary/aromatic N) is 1. The van der Waals surface area contributed by atoms with Crippen LogP contribution in [0.15, 0.2) is 0 Å². The van der Waals surface area contributed by atoms with E-state index in [0.717, 1.165) is 31.8 Å². The summed E-state index contributed by atoms with van der Waals surface area (Å²) in [6.07, 6.45) is 5.06. The first-order valence-corrected chi connectivity index (χ1v) is 7.20. The predicted octanol–water partition coefficient (Wildman–Crippen LogP) is 2.26. The summed E-state index contributed by atoms with van der Waals surface area (Å²) < 4.78 is 5.27. The third-order valence-corrected chi connectivity index (χ3v) is 4.03. The average Bonchev–Trinajstić information content (AvgIpc) is 2.34. The maximum atomic E-state index is 5.27. The van der Waals surface area contributed by atoms with Gasteiger partial charge in [0.1, 0.15) is 0 Å². The van der Waals surface area contributed by atoms with Crippen molar-refractivity contribution in [2.75, 3.05) is 26.8 Å². The molecule has 1 rings (SSSR count). The van der Waals surface area contributed by atoms with Crippen LogP contribution in [0.25, 0.3) is 0 Å². The first-order chi connectivity index (χ1) is 8.22. The van der Waals surface area contributed by atoms with Crippen LogP contribution in [0.3, 0.4) is 0 Å². The van der Waals surface area contributed by atoms with Gasteiger partial charge in [0.2, 0.25) is 0 Å². The van der Waals surface area contributed by atoms with E-state index in [1.54, 1.807) is 7.11 Å². The molecule has 1 fully saturated rings. The van der Waals surface area contributed by atoms with Crippen molar-refractivity contribution in [3.05, 3.63) is 0 Å². The fraction of sp³-hybridized carbons (Fsp3) is 1.00.